The average molecular weight is 391 g/mol. The molecule has 1 aliphatic heterocycles. The zero-order valence-corrected chi connectivity index (χ0v) is 17.1. The summed E-state index contributed by atoms with van der Waals surface area (Å²) in [6.07, 6.45) is 7.47. The maximum Gasteiger partial charge on any atom is 0.191 e. The summed E-state index contributed by atoms with van der Waals surface area (Å²) in [6, 6.07) is 12.7. The van der Waals surface area contributed by atoms with Crippen molar-refractivity contribution in [2.24, 2.45) is 4.99 Å². The van der Waals surface area contributed by atoms with Gasteiger partial charge < -0.3 is 20.5 Å². The number of hydrogen-bond acceptors (Lipinski definition) is 3. The van der Waals surface area contributed by atoms with Crippen LogP contribution in [0.5, 0.6) is 0 Å². The molecule has 0 spiro atoms. The van der Waals surface area contributed by atoms with Crippen LogP contribution >= 0.6 is 0 Å². The van der Waals surface area contributed by atoms with Crippen LogP contribution in [0, 0.1) is 0 Å². The summed E-state index contributed by atoms with van der Waals surface area (Å²) < 4.78 is 0. The molecular weight excluding hydrogens is 360 g/mol. The number of aromatic amines is 1. The number of pyridine rings is 1. The minimum atomic E-state index is 0.645. The highest BCUT2D eigenvalue weighted by molar-refractivity contribution is 5.83. The molecule has 4 rings (SSSR count). The molecule has 1 saturated heterocycles. The molecule has 1 fully saturated rings. The summed E-state index contributed by atoms with van der Waals surface area (Å²) in [5.41, 5.74) is 3.71. The van der Waals surface area contributed by atoms with E-state index >= 15 is 0 Å². The van der Waals surface area contributed by atoms with Gasteiger partial charge in [0, 0.05) is 49.5 Å². The van der Waals surface area contributed by atoms with Gasteiger partial charge in [-0.1, -0.05) is 18.2 Å². The molecule has 0 amide bonds. The van der Waals surface area contributed by atoms with Gasteiger partial charge in [0.15, 0.2) is 5.96 Å². The predicted molar refractivity (Wildman–Crippen MR) is 121 cm³/mol. The lowest BCUT2D eigenvalue weighted by Gasteiger charge is -2.16. The lowest BCUT2D eigenvalue weighted by Crippen LogP contribution is -2.38. The quantitative estimate of drug-likeness (QED) is 0.427. The van der Waals surface area contributed by atoms with Gasteiger partial charge in [-0.15, -0.1) is 0 Å². The predicted octanol–water partition coefficient (Wildman–Crippen LogP) is 3.46. The fraction of sp³-hybridized carbons (Fsp3) is 0.391. The minimum absolute atomic E-state index is 0.645. The van der Waals surface area contributed by atoms with Gasteiger partial charge in [0.2, 0.25) is 0 Å². The summed E-state index contributed by atoms with van der Waals surface area (Å²) in [4.78, 5) is 15.0. The summed E-state index contributed by atoms with van der Waals surface area (Å²) in [6.45, 7) is 6.63. The number of benzene rings is 1. The number of H-pyrrole nitrogens is 1. The van der Waals surface area contributed by atoms with E-state index in [1.54, 1.807) is 0 Å². The molecule has 2 aromatic heterocycles. The zero-order chi connectivity index (χ0) is 19.9. The van der Waals surface area contributed by atoms with E-state index in [0.29, 0.717) is 6.54 Å². The molecule has 1 aromatic carbocycles. The fourth-order valence-electron chi connectivity index (χ4n) is 3.84. The molecule has 3 heterocycles. The van der Waals surface area contributed by atoms with Crippen molar-refractivity contribution >= 4 is 22.7 Å². The first-order chi connectivity index (χ1) is 14.3. The Morgan fingerprint density at radius 1 is 1.17 bits per heavy atom. The number of guanidine groups is 1. The Kier molecular flexibility index (Phi) is 6.29. The molecule has 0 radical (unpaired) electrons. The summed E-state index contributed by atoms with van der Waals surface area (Å²) in [7, 11) is 0. The van der Waals surface area contributed by atoms with Gasteiger partial charge in [0.05, 0.1) is 6.54 Å². The SMILES string of the molecule is CCNC(=NCc1ccnc(N2CCCC2)c1)NCCc1c[nH]c2ccccc12. The van der Waals surface area contributed by atoms with Crippen molar-refractivity contribution in [1.82, 2.24) is 20.6 Å². The maximum absolute atomic E-state index is 4.77. The smallest absolute Gasteiger partial charge is 0.191 e. The monoisotopic (exact) mass is 390 g/mol. The highest BCUT2D eigenvalue weighted by atomic mass is 15.2. The van der Waals surface area contributed by atoms with Crippen molar-refractivity contribution in [2.75, 3.05) is 31.1 Å². The Hall–Kier alpha value is -3.02. The molecule has 0 bridgehead atoms. The van der Waals surface area contributed by atoms with E-state index in [1.807, 2.05) is 6.20 Å². The standard InChI is InChI=1S/C23H30N6/c1-2-24-23(26-12-10-19-17-27-21-8-4-3-7-20(19)21)28-16-18-9-11-25-22(15-18)29-13-5-6-14-29/h3-4,7-9,11,15,17,27H,2,5-6,10,12-14,16H2,1H3,(H2,24,26,28). The number of aromatic nitrogens is 2. The first-order valence-electron chi connectivity index (χ1n) is 10.6. The third kappa shape index (κ3) is 4.88. The first-order valence-corrected chi connectivity index (χ1v) is 10.6. The molecule has 152 valence electrons. The van der Waals surface area contributed by atoms with Crippen molar-refractivity contribution in [3.8, 4) is 0 Å². The van der Waals surface area contributed by atoms with Gasteiger partial charge in [0.1, 0.15) is 5.82 Å². The van der Waals surface area contributed by atoms with Crippen molar-refractivity contribution < 1.29 is 0 Å². The van der Waals surface area contributed by atoms with E-state index in [9.17, 15) is 0 Å². The van der Waals surface area contributed by atoms with Gasteiger partial charge in [-0.05, 0) is 55.5 Å². The van der Waals surface area contributed by atoms with Gasteiger partial charge in [0.25, 0.3) is 0 Å². The topological polar surface area (TPSA) is 68.3 Å². The Labute approximate surface area is 172 Å². The second-order valence-corrected chi connectivity index (χ2v) is 7.45. The third-order valence-corrected chi connectivity index (χ3v) is 5.37. The highest BCUT2D eigenvalue weighted by Gasteiger charge is 2.13. The number of fused-ring (bicyclic) bond motifs is 1. The van der Waals surface area contributed by atoms with Crippen LogP contribution in [0.15, 0.2) is 53.8 Å². The zero-order valence-electron chi connectivity index (χ0n) is 17.1. The number of nitrogens with zero attached hydrogens (tertiary/aromatic N) is 3. The van der Waals surface area contributed by atoms with E-state index in [2.05, 4.69) is 75.0 Å². The van der Waals surface area contributed by atoms with E-state index < -0.39 is 0 Å². The van der Waals surface area contributed by atoms with Crippen molar-refractivity contribution in [3.05, 3.63) is 59.9 Å². The van der Waals surface area contributed by atoms with Crippen LogP contribution in [0.25, 0.3) is 10.9 Å². The Morgan fingerprint density at radius 2 is 2.03 bits per heavy atom. The number of para-hydroxylation sites is 1. The average Bonchev–Trinajstić information content (AvgIpc) is 3.43. The first kappa shape index (κ1) is 19.3. The number of anilines is 1. The van der Waals surface area contributed by atoms with Gasteiger partial charge >= 0.3 is 0 Å². The molecule has 3 aromatic rings. The van der Waals surface area contributed by atoms with E-state index in [4.69, 9.17) is 4.99 Å². The van der Waals surface area contributed by atoms with Crippen LogP contribution in [0.2, 0.25) is 0 Å². The number of rotatable bonds is 7. The largest absolute Gasteiger partial charge is 0.361 e. The second-order valence-electron chi connectivity index (χ2n) is 7.45. The summed E-state index contributed by atoms with van der Waals surface area (Å²) >= 11 is 0. The maximum atomic E-state index is 4.77. The molecule has 3 N–H and O–H groups in total. The van der Waals surface area contributed by atoms with E-state index in [1.165, 1.54) is 34.9 Å². The van der Waals surface area contributed by atoms with Crippen LogP contribution in [0.3, 0.4) is 0 Å². The molecule has 1 aliphatic rings. The second kappa shape index (κ2) is 9.45. The number of aliphatic imine (C=N–C) groups is 1. The van der Waals surface area contributed by atoms with E-state index in [-0.39, 0.29) is 0 Å². The molecule has 6 heteroatoms. The molecule has 0 aliphatic carbocycles. The Balaban J connectivity index is 1.36. The molecule has 0 saturated carbocycles. The highest BCUT2D eigenvalue weighted by Crippen LogP contribution is 2.19. The minimum Gasteiger partial charge on any atom is -0.361 e. The summed E-state index contributed by atoms with van der Waals surface area (Å²) in [5, 5.41) is 8.10. The normalized spacial score (nSPS) is 14.5. The lowest BCUT2D eigenvalue weighted by molar-refractivity contribution is 0.801. The van der Waals surface area contributed by atoms with Crippen LogP contribution in [-0.4, -0.2) is 42.1 Å². The van der Waals surface area contributed by atoms with E-state index in [0.717, 1.165) is 44.4 Å². The van der Waals surface area contributed by atoms with Crippen LogP contribution < -0.4 is 15.5 Å². The van der Waals surface area contributed by atoms with Crippen molar-refractivity contribution in [3.63, 3.8) is 0 Å². The molecule has 29 heavy (non-hydrogen) atoms. The Morgan fingerprint density at radius 3 is 2.90 bits per heavy atom. The molecule has 6 nitrogen and oxygen atoms in total. The molecule has 0 unspecified atom stereocenters. The lowest BCUT2D eigenvalue weighted by atomic mass is 10.1. The van der Waals surface area contributed by atoms with Gasteiger partial charge in [-0.2, -0.15) is 0 Å². The third-order valence-electron chi connectivity index (χ3n) is 5.37. The van der Waals surface area contributed by atoms with Crippen molar-refractivity contribution in [2.45, 2.75) is 32.7 Å². The number of hydrogen-bond donors (Lipinski definition) is 3. The fourth-order valence-corrected chi connectivity index (χ4v) is 3.84. The molecular formula is C23H30N6. The Bertz CT molecular complexity index is 955. The number of nitrogens with one attached hydrogen (secondary N) is 3. The van der Waals surface area contributed by atoms with Crippen LogP contribution in [-0.2, 0) is 13.0 Å². The van der Waals surface area contributed by atoms with Crippen LogP contribution in [0.4, 0.5) is 5.82 Å². The summed E-state index contributed by atoms with van der Waals surface area (Å²) in [5.74, 6) is 1.93. The van der Waals surface area contributed by atoms with Crippen LogP contribution in [0.1, 0.15) is 30.9 Å². The molecule has 0 atom stereocenters. The van der Waals surface area contributed by atoms with Crippen molar-refractivity contribution in [1.29, 1.82) is 0 Å². The van der Waals surface area contributed by atoms with Gasteiger partial charge in [-0.3, -0.25) is 0 Å². The van der Waals surface area contributed by atoms with Gasteiger partial charge in [-0.25, -0.2) is 9.98 Å².